The van der Waals surface area contributed by atoms with Gasteiger partial charge in [-0.2, -0.15) is 0 Å². The van der Waals surface area contributed by atoms with Crippen LogP contribution in [-0.2, 0) is 4.57 Å². The first-order valence-corrected chi connectivity index (χ1v) is 6.99. The van der Waals surface area contributed by atoms with Crippen molar-refractivity contribution in [3.63, 3.8) is 0 Å². The van der Waals surface area contributed by atoms with Crippen molar-refractivity contribution in [1.82, 2.24) is 0 Å². The predicted octanol–water partition coefficient (Wildman–Crippen LogP) is 1.85. The molecule has 0 atom stereocenters. The highest BCUT2D eigenvalue weighted by molar-refractivity contribution is 7.60. The number of carboxylic acid groups (broad SMARTS) is 1. The summed E-state index contributed by atoms with van der Waals surface area (Å²) < 4.78 is 11.4. The van der Waals surface area contributed by atoms with Crippen LogP contribution in [0.4, 0.5) is 0 Å². The molecule has 0 bridgehead atoms. The molecular formula is C13H11O5P. The van der Waals surface area contributed by atoms with E-state index < -0.39 is 13.6 Å². The average molecular weight is 278 g/mol. The summed E-state index contributed by atoms with van der Waals surface area (Å²) in [4.78, 5) is 29.3. The molecule has 0 aromatic heterocycles. The van der Waals surface area contributed by atoms with Gasteiger partial charge in [0, 0.05) is 0 Å². The summed E-state index contributed by atoms with van der Waals surface area (Å²) in [6, 6.07) is 12.0. The molecule has 2 aromatic rings. The zero-order valence-corrected chi connectivity index (χ0v) is 10.6. The Balaban J connectivity index is 2.54. The van der Waals surface area contributed by atoms with E-state index in [9.17, 15) is 19.1 Å². The molecule has 2 rings (SSSR count). The lowest BCUT2D eigenvalue weighted by molar-refractivity contribution is 0.0697. The SMILES string of the molecule is O=C(O)c1ccc(-c2ccccc2P(=O)(O)O)cc1. The molecule has 0 aliphatic carbocycles. The zero-order chi connectivity index (χ0) is 14.0. The highest BCUT2D eigenvalue weighted by Gasteiger charge is 2.21. The molecule has 0 fully saturated rings. The Morgan fingerprint density at radius 1 is 0.947 bits per heavy atom. The first-order valence-electron chi connectivity index (χ1n) is 5.38. The molecule has 0 saturated heterocycles. The van der Waals surface area contributed by atoms with Crippen LogP contribution in [0.1, 0.15) is 10.4 Å². The van der Waals surface area contributed by atoms with Gasteiger partial charge in [-0.3, -0.25) is 4.57 Å². The van der Waals surface area contributed by atoms with Gasteiger partial charge in [0.15, 0.2) is 0 Å². The summed E-state index contributed by atoms with van der Waals surface area (Å²) in [5.41, 5.74) is 1.08. The van der Waals surface area contributed by atoms with E-state index in [1.165, 1.54) is 30.3 Å². The van der Waals surface area contributed by atoms with Crippen LogP contribution in [0.15, 0.2) is 48.5 Å². The van der Waals surface area contributed by atoms with Crippen molar-refractivity contribution in [2.24, 2.45) is 0 Å². The minimum atomic E-state index is -4.37. The minimum absolute atomic E-state index is 0.0712. The molecule has 0 saturated carbocycles. The third kappa shape index (κ3) is 2.90. The Labute approximate surface area is 109 Å². The molecule has 0 radical (unpaired) electrons. The van der Waals surface area contributed by atoms with E-state index in [4.69, 9.17) is 5.11 Å². The van der Waals surface area contributed by atoms with E-state index >= 15 is 0 Å². The van der Waals surface area contributed by atoms with Gasteiger partial charge >= 0.3 is 13.6 Å². The molecule has 19 heavy (non-hydrogen) atoms. The molecule has 5 nitrogen and oxygen atoms in total. The maximum atomic E-state index is 11.4. The summed E-state index contributed by atoms with van der Waals surface area (Å²) >= 11 is 0. The summed E-state index contributed by atoms with van der Waals surface area (Å²) in [6.07, 6.45) is 0. The van der Waals surface area contributed by atoms with Gasteiger partial charge in [0.2, 0.25) is 0 Å². The Hall–Kier alpha value is -1.94. The smallest absolute Gasteiger partial charge is 0.356 e. The molecular weight excluding hydrogens is 267 g/mol. The van der Waals surface area contributed by atoms with Crippen molar-refractivity contribution in [1.29, 1.82) is 0 Å². The van der Waals surface area contributed by atoms with Crippen molar-refractivity contribution in [2.45, 2.75) is 0 Å². The van der Waals surface area contributed by atoms with Crippen molar-refractivity contribution in [3.8, 4) is 11.1 Å². The van der Waals surface area contributed by atoms with Gasteiger partial charge in [0.25, 0.3) is 0 Å². The quantitative estimate of drug-likeness (QED) is 0.745. The lowest BCUT2D eigenvalue weighted by Gasteiger charge is -2.11. The summed E-state index contributed by atoms with van der Waals surface area (Å²) in [5.74, 6) is -1.05. The van der Waals surface area contributed by atoms with Gasteiger partial charge in [0.05, 0.1) is 10.9 Å². The Morgan fingerprint density at radius 3 is 2.05 bits per heavy atom. The predicted molar refractivity (Wildman–Crippen MR) is 70.5 cm³/mol. The van der Waals surface area contributed by atoms with Gasteiger partial charge in [-0.1, -0.05) is 30.3 Å². The van der Waals surface area contributed by atoms with Crippen molar-refractivity contribution in [3.05, 3.63) is 54.1 Å². The minimum Gasteiger partial charge on any atom is -0.478 e. The van der Waals surface area contributed by atoms with E-state index in [1.54, 1.807) is 18.2 Å². The average Bonchev–Trinajstić information content (AvgIpc) is 2.38. The normalized spacial score (nSPS) is 11.3. The molecule has 98 valence electrons. The topological polar surface area (TPSA) is 94.8 Å². The second kappa shape index (κ2) is 4.97. The van der Waals surface area contributed by atoms with Crippen LogP contribution in [0.25, 0.3) is 11.1 Å². The van der Waals surface area contributed by atoms with E-state index in [1.807, 2.05) is 0 Å². The van der Waals surface area contributed by atoms with Crippen molar-refractivity contribution in [2.75, 3.05) is 0 Å². The van der Waals surface area contributed by atoms with Crippen LogP contribution in [0.5, 0.6) is 0 Å². The van der Waals surface area contributed by atoms with Crippen LogP contribution in [0.3, 0.4) is 0 Å². The molecule has 6 heteroatoms. The van der Waals surface area contributed by atoms with Gasteiger partial charge in [-0.15, -0.1) is 0 Å². The zero-order valence-electron chi connectivity index (χ0n) is 9.72. The molecule has 0 aliphatic heterocycles. The highest BCUT2D eigenvalue weighted by Crippen LogP contribution is 2.37. The summed E-state index contributed by atoms with van der Waals surface area (Å²) in [7, 11) is -4.37. The number of hydrogen-bond donors (Lipinski definition) is 3. The lowest BCUT2D eigenvalue weighted by atomic mass is 10.0. The number of rotatable bonds is 3. The second-order valence-corrected chi connectivity index (χ2v) is 5.51. The molecule has 2 aromatic carbocycles. The highest BCUT2D eigenvalue weighted by atomic mass is 31.2. The van der Waals surface area contributed by atoms with Gasteiger partial charge in [0.1, 0.15) is 0 Å². The molecule has 0 heterocycles. The number of aromatic carboxylic acids is 1. The molecule has 0 spiro atoms. The van der Waals surface area contributed by atoms with Gasteiger partial charge in [-0.25, -0.2) is 4.79 Å². The number of carbonyl (C=O) groups is 1. The molecule has 0 unspecified atom stereocenters. The Bertz CT molecular complexity index is 657. The van der Waals surface area contributed by atoms with Crippen LogP contribution >= 0.6 is 7.60 Å². The number of hydrogen-bond acceptors (Lipinski definition) is 2. The second-order valence-electron chi connectivity index (χ2n) is 3.94. The van der Waals surface area contributed by atoms with Crippen molar-refractivity contribution >= 4 is 18.9 Å². The standard InChI is InChI=1S/C13H11O5P/c14-13(15)10-7-5-9(6-8-10)11-3-1-2-4-12(11)19(16,17)18/h1-8H,(H,14,15)(H2,16,17,18). The number of carboxylic acids is 1. The van der Waals surface area contributed by atoms with Crippen LogP contribution in [0, 0.1) is 0 Å². The number of benzene rings is 2. The largest absolute Gasteiger partial charge is 0.478 e. The van der Waals surface area contributed by atoms with E-state index in [0.717, 1.165) is 0 Å². The van der Waals surface area contributed by atoms with E-state index in [2.05, 4.69) is 0 Å². The Kier molecular flexibility index (Phi) is 3.53. The lowest BCUT2D eigenvalue weighted by Crippen LogP contribution is -2.07. The van der Waals surface area contributed by atoms with Crippen LogP contribution < -0.4 is 5.30 Å². The van der Waals surface area contributed by atoms with Gasteiger partial charge in [-0.05, 0) is 29.3 Å². The Morgan fingerprint density at radius 2 is 1.53 bits per heavy atom. The third-order valence-corrected chi connectivity index (χ3v) is 3.68. The maximum absolute atomic E-state index is 11.4. The fourth-order valence-electron chi connectivity index (χ4n) is 1.76. The van der Waals surface area contributed by atoms with Gasteiger partial charge < -0.3 is 14.9 Å². The molecule has 0 aliphatic rings. The summed E-state index contributed by atoms with van der Waals surface area (Å²) in [6.45, 7) is 0. The fourth-order valence-corrected chi connectivity index (χ4v) is 2.56. The third-order valence-electron chi connectivity index (χ3n) is 2.66. The van der Waals surface area contributed by atoms with Crippen molar-refractivity contribution < 1.29 is 24.3 Å². The maximum Gasteiger partial charge on any atom is 0.356 e. The first-order chi connectivity index (χ1) is 8.89. The fraction of sp³-hybridized carbons (Fsp3) is 0. The van der Waals surface area contributed by atoms with E-state index in [0.29, 0.717) is 11.1 Å². The molecule has 0 amide bonds. The first kappa shape index (κ1) is 13.5. The molecule has 3 N–H and O–H groups in total. The summed E-state index contributed by atoms with van der Waals surface area (Å²) in [5, 5.41) is 8.73. The van der Waals surface area contributed by atoms with E-state index in [-0.39, 0.29) is 10.9 Å². The monoisotopic (exact) mass is 278 g/mol. The van der Waals surface area contributed by atoms with Crippen LogP contribution in [0.2, 0.25) is 0 Å². The van der Waals surface area contributed by atoms with Crippen LogP contribution in [-0.4, -0.2) is 20.9 Å².